The van der Waals surface area contributed by atoms with Gasteiger partial charge in [-0.2, -0.15) is 10.2 Å². The smallest absolute Gasteiger partial charge is 0.240 e. The predicted octanol–water partition coefficient (Wildman–Crippen LogP) is 4.12. The number of para-hydroxylation sites is 2. The van der Waals surface area contributed by atoms with Gasteiger partial charge in [-0.1, -0.05) is 47.5 Å². The van der Waals surface area contributed by atoms with Gasteiger partial charge in [-0.15, -0.1) is 0 Å². The van der Waals surface area contributed by atoms with E-state index in [1.165, 1.54) is 0 Å². The zero-order valence-electron chi connectivity index (χ0n) is 19.7. The number of carbonyl (C=O) groups excluding carboxylic acids is 4. The predicted molar refractivity (Wildman–Crippen MR) is 141 cm³/mol. The van der Waals surface area contributed by atoms with Gasteiger partial charge in [0.05, 0.1) is 34.3 Å². The van der Waals surface area contributed by atoms with Crippen LogP contribution in [0.15, 0.2) is 58.7 Å². The maximum absolute atomic E-state index is 12.1. The molecule has 0 atom stereocenters. The molecule has 4 amide bonds. The van der Waals surface area contributed by atoms with Crippen LogP contribution in [0.5, 0.6) is 0 Å². The summed E-state index contributed by atoms with van der Waals surface area (Å²) in [6, 6.07) is 13.6. The Morgan fingerprint density at radius 2 is 1.00 bits per heavy atom. The standard InChI is InChI=1S/C24H26Cl2N6O4/c1-15(13-23(35)27-19-9-5-3-7-17(19)25)29-31-21(33)11-12-22(34)32-30-16(2)14-24(36)28-20-10-6-4-8-18(20)26/h3-10H,11-14H2,1-2H3,(H,27,35)(H,28,36)(H,31,33)(H,32,34)/b29-15-,30-16-. The molecule has 0 aromatic heterocycles. The first-order valence-electron chi connectivity index (χ1n) is 10.9. The second-order valence-electron chi connectivity index (χ2n) is 7.67. The molecule has 0 radical (unpaired) electrons. The highest BCUT2D eigenvalue weighted by molar-refractivity contribution is 6.34. The molecule has 0 saturated carbocycles. The molecular formula is C24H26Cl2N6O4. The van der Waals surface area contributed by atoms with Gasteiger partial charge in [-0.3, -0.25) is 19.2 Å². The molecule has 2 aromatic carbocycles. The van der Waals surface area contributed by atoms with Crippen LogP contribution in [0.1, 0.15) is 39.5 Å². The molecule has 0 unspecified atom stereocenters. The topological polar surface area (TPSA) is 141 Å². The molecule has 12 heteroatoms. The normalized spacial score (nSPS) is 11.4. The van der Waals surface area contributed by atoms with Crippen LogP contribution in [0, 0.1) is 0 Å². The zero-order valence-corrected chi connectivity index (χ0v) is 21.2. The van der Waals surface area contributed by atoms with Gasteiger partial charge in [0, 0.05) is 24.3 Å². The Kier molecular flexibility index (Phi) is 11.5. The Bertz CT molecular complexity index is 1090. The van der Waals surface area contributed by atoms with E-state index in [2.05, 4.69) is 31.7 Å². The number of carbonyl (C=O) groups is 4. The third kappa shape index (κ3) is 10.7. The Morgan fingerprint density at radius 1 is 0.639 bits per heavy atom. The lowest BCUT2D eigenvalue weighted by atomic mass is 10.2. The molecule has 0 fully saturated rings. The van der Waals surface area contributed by atoms with Crippen molar-refractivity contribution < 1.29 is 19.2 Å². The largest absolute Gasteiger partial charge is 0.324 e. The number of amides is 4. The number of hydrogen-bond donors (Lipinski definition) is 4. The molecule has 0 heterocycles. The molecule has 0 aliphatic rings. The minimum absolute atomic E-state index is 0.0516. The van der Waals surface area contributed by atoms with E-state index in [-0.39, 0.29) is 37.5 Å². The van der Waals surface area contributed by atoms with Crippen molar-refractivity contribution in [3.05, 3.63) is 58.6 Å². The van der Waals surface area contributed by atoms with Crippen molar-refractivity contribution in [2.45, 2.75) is 39.5 Å². The van der Waals surface area contributed by atoms with Gasteiger partial charge in [-0.25, -0.2) is 10.9 Å². The minimum atomic E-state index is -0.504. The number of rotatable bonds is 11. The Morgan fingerprint density at radius 3 is 1.36 bits per heavy atom. The van der Waals surface area contributed by atoms with E-state index in [9.17, 15) is 19.2 Å². The van der Waals surface area contributed by atoms with Gasteiger partial charge < -0.3 is 10.6 Å². The van der Waals surface area contributed by atoms with Crippen LogP contribution in [0.3, 0.4) is 0 Å². The molecule has 190 valence electrons. The molecule has 0 aliphatic heterocycles. The van der Waals surface area contributed by atoms with Crippen molar-refractivity contribution in [1.29, 1.82) is 0 Å². The Labute approximate surface area is 218 Å². The van der Waals surface area contributed by atoms with E-state index in [1.54, 1.807) is 62.4 Å². The lowest BCUT2D eigenvalue weighted by Gasteiger charge is -2.07. The number of hydrazone groups is 2. The molecule has 0 spiro atoms. The number of hydrogen-bond acceptors (Lipinski definition) is 6. The van der Waals surface area contributed by atoms with Crippen LogP contribution < -0.4 is 21.5 Å². The number of benzene rings is 2. The first-order valence-corrected chi connectivity index (χ1v) is 11.6. The fourth-order valence-electron chi connectivity index (χ4n) is 2.71. The van der Waals surface area contributed by atoms with Gasteiger partial charge in [0.1, 0.15) is 0 Å². The second-order valence-corrected chi connectivity index (χ2v) is 8.49. The summed E-state index contributed by atoms with van der Waals surface area (Å²) in [5.74, 6) is -1.69. The molecule has 2 aromatic rings. The highest BCUT2D eigenvalue weighted by Gasteiger charge is 2.10. The van der Waals surface area contributed by atoms with Crippen LogP contribution in [0.25, 0.3) is 0 Å². The van der Waals surface area contributed by atoms with Crippen LogP contribution in [-0.4, -0.2) is 35.1 Å². The molecule has 36 heavy (non-hydrogen) atoms. The lowest BCUT2D eigenvalue weighted by Crippen LogP contribution is -2.25. The van der Waals surface area contributed by atoms with Crippen molar-refractivity contribution in [2.24, 2.45) is 10.2 Å². The summed E-state index contributed by atoms with van der Waals surface area (Å²) in [7, 11) is 0. The summed E-state index contributed by atoms with van der Waals surface area (Å²) in [5.41, 5.74) is 6.29. The SMILES string of the molecule is C/C(CC(=O)Nc1ccccc1Cl)=N/NC(=O)CCC(=O)N/N=C(/C)CC(=O)Nc1ccccc1Cl. The third-order valence-electron chi connectivity index (χ3n) is 4.45. The molecular weight excluding hydrogens is 507 g/mol. The first kappa shape index (κ1) is 28.5. The van der Waals surface area contributed by atoms with Crippen LogP contribution in [0.2, 0.25) is 10.0 Å². The zero-order chi connectivity index (χ0) is 26.5. The molecule has 0 bridgehead atoms. The van der Waals surface area contributed by atoms with E-state index in [0.29, 0.717) is 32.8 Å². The molecule has 2 rings (SSSR count). The average molecular weight is 533 g/mol. The summed E-state index contributed by atoms with van der Waals surface area (Å²) in [6.45, 7) is 3.16. The summed E-state index contributed by atoms with van der Waals surface area (Å²) in [5, 5.41) is 13.9. The number of nitrogens with zero attached hydrogens (tertiary/aromatic N) is 2. The average Bonchev–Trinajstić information content (AvgIpc) is 2.83. The molecule has 0 saturated heterocycles. The van der Waals surface area contributed by atoms with Crippen LogP contribution in [0.4, 0.5) is 11.4 Å². The Balaban J connectivity index is 1.68. The first-order chi connectivity index (χ1) is 17.1. The van der Waals surface area contributed by atoms with Crippen molar-refractivity contribution in [2.75, 3.05) is 10.6 Å². The summed E-state index contributed by atoms with van der Waals surface area (Å²) >= 11 is 12.0. The summed E-state index contributed by atoms with van der Waals surface area (Å²) in [6.07, 6.45) is -0.389. The molecule has 10 nitrogen and oxygen atoms in total. The highest BCUT2D eigenvalue weighted by atomic mass is 35.5. The minimum Gasteiger partial charge on any atom is -0.324 e. The summed E-state index contributed by atoms with van der Waals surface area (Å²) in [4.78, 5) is 48.0. The molecule has 4 N–H and O–H groups in total. The van der Waals surface area contributed by atoms with Gasteiger partial charge in [-0.05, 0) is 38.1 Å². The van der Waals surface area contributed by atoms with E-state index < -0.39 is 11.8 Å². The monoisotopic (exact) mass is 532 g/mol. The van der Waals surface area contributed by atoms with E-state index >= 15 is 0 Å². The van der Waals surface area contributed by atoms with E-state index in [1.807, 2.05) is 0 Å². The van der Waals surface area contributed by atoms with Crippen molar-refractivity contribution in [3.63, 3.8) is 0 Å². The van der Waals surface area contributed by atoms with Crippen molar-refractivity contribution in [1.82, 2.24) is 10.9 Å². The lowest BCUT2D eigenvalue weighted by molar-refractivity contribution is -0.126. The fraction of sp³-hybridized carbons (Fsp3) is 0.250. The highest BCUT2D eigenvalue weighted by Crippen LogP contribution is 2.21. The van der Waals surface area contributed by atoms with Gasteiger partial charge in [0.25, 0.3) is 0 Å². The van der Waals surface area contributed by atoms with Crippen LogP contribution >= 0.6 is 23.2 Å². The van der Waals surface area contributed by atoms with Gasteiger partial charge in [0.15, 0.2) is 0 Å². The fourth-order valence-corrected chi connectivity index (χ4v) is 3.08. The van der Waals surface area contributed by atoms with E-state index in [4.69, 9.17) is 23.2 Å². The second kappa shape index (κ2) is 14.6. The van der Waals surface area contributed by atoms with Crippen LogP contribution in [-0.2, 0) is 19.2 Å². The Hall–Kier alpha value is -3.76. The number of halogens is 2. The number of anilines is 2. The molecule has 0 aliphatic carbocycles. The maximum atomic E-state index is 12.1. The van der Waals surface area contributed by atoms with Crippen molar-refractivity contribution in [3.8, 4) is 0 Å². The summed E-state index contributed by atoms with van der Waals surface area (Å²) < 4.78 is 0. The quantitative estimate of drug-likeness (QED) is 0.255. The maximum Gasteiger partial charge on any atom is 0.240 e. The third-order valence-corrected chi connectivity index (χ3v) is 5.11. The van der Waals surface area contributed by atoms with Crippen molar-refractivity contribution >= 4 is 69.6 Å². The van der Waals surface area contributed by atoms with E-state index in [0.717, 1.165) is 0 Å². The number of nitrogens with one attached hydrogen (secondary N) is 4. The van der Waals surface area contributed by atoms with Gasteiger partial charge in [0.2, 0.25) is 23.6 Å². The van der Waals surface area contributed by atoms with Gasteiger partial charge >= 0.3 is 0 Å².